The lowest BCUT2D eigenvalue weighted by Gasteiger charge is -2.31. The van der Waals surface area contributed by atoms with Crippen LogP contribution in [-0.4, -0.2) is 31.7 Å². The monoisotopic (exact) mass is 404 g/mol. The van der Waals surface area contributed by atoms with Crippen LogP contribution in [0.1, 0.15) is 29.5 Å². The smallest absolute Gasteiger partial charge is 0.228 e. The molecule has 0 unspecified atom stereocenters. The van der Waals surface area contributed by atoms with Crippen molar-refractivity contribution in [3.8, 4) is 0 Å². The Hall–Kier alpha value is -2.25. The summed E-state index contributed by atoms with van der Waals surface area (Å²) in [7, 11) is -3.57. The van der Waals surface area contributed by atoms with E-state index in [1.807, 2.05) is 32.0 Å². The highest BCUT2D eigenvalue weighted by Crippen LogP contribution is 2.23. The summed E-state index contributed by atoms with van der Waals surface area (Å²) in [6.45, 7) is 4.50. The molecule has 1 fully saturated rings. The van der Waals surface area contributed by atoms with Crippen LogP contribution in [0.2, 0.25) is 0 Å². The summed E-state index contributed by atoms with van der Waals surface area (Å²) < 4.78 is 39.9. The molecule has 0 aliphatic carbocycles. The third kappa shape index (κ3) is 5.17. The summed E-state index contributed by atoms with van der Waals surface area (Å²) >= 11 is 0. The number of amides is 1. The average molecular weight is 405 g/mol. The third-order valence-electron chi connectivity index (χ3n) is 4.90. The van der Waals surface area contributed by atoms with E-state index in [1.54, 1.807) is 0 Å². The number of rotatable bonds is 5. The van der Waals surface area contributed by atoms with Crippen molar-refractivity contribution >= 4 is 21.6 Å². The minimum Gasteiger partial charge on any atom is -0.326 e. The second-order valence-corrected chi connectivity index (χ2v) is 9.41. The summed E-state index contributed by atoms with van der Waals surface area (Å²) in [6.07, 6.45) is 1.28. The highest BCUT2D eigenvalue weighted by Gasteiger charge is 2.32. The number of aryl methyl sites for hydroxylation is 2. The second-order valence-electron chi connectivity index (χ2n) is 7.45. The number of nitrogens with zero attached hydrogens (tertiary/aromatic N) is 1. The number of carbonyl (C=O) groups is 1. The van der Waals surface area contributed by atoms with Gasteiger partial charge in [0.2, 0.25) is 15.9 Å². The Kier molecular flexibility index (Phi) is 6.15. The molecule has 0 bridgehead atoms. The van der Waals surface area contributed by atoms with Gasteiger partial charge in [-0.2, -0.15) is 0 Å². The molecule has 5 nitrogen and oxygen atoms in total. The first-order valence-corrected chi connectivity index (χ1v) is 11.0. The number of halogens is 1. The van der Waals surface area contributed by atoms with Crippen molar-refractivity contribution in [2.45, 2.75) is 32.4 Å². The van der Waals surface area contributed by atoms with E-state index < -0.39 is 21.8 Å². The molecule has 1 atom stereocenters. The topological polar surface area (TPSA) is 66.5 Å². The first-order valence-electron chi connectivity index (χ1n) is 9.34. The van der Waals surface area contributed by atoms with Crippen molar-refractivity contribution < 1.29 is 17.6 Å². The van der Waals surface area contributed by atoms with Crippen molar-refractivity contribution in [1.29, 1.82) is 0 Å². The molecule has 0 saturated carbocycles. The van der Waals surface area contributed by atoms with Crippen LogP contribution in [-0.2, 0) is 20.6 Å². The number of nitrogens with one attached hydrogen (secondary N) is 1. The lowest BCUT2D eigenvalue weighted by Crippen LogP contribution is -2.44. The van der Waals surface area contributed by atoms with Gasteiger partial charge in [-0.1, -0.05) is 18.2 Å². The third-order valence-corrected chi connectivity index (χ3v) is 6.72. The lowest BCUT2D eigenvalue weighted by molar-refractivity contribution is -0.120. The van der Waals surface area contributed by atoms with Crippen molar-refractivity contribution in [3.63, 3.8) is 0 Å². The molecule has 1 N–H and O–H groups in total. The van der Waals surface area contributed by atoms with Crippen LogP contribution < -0.4 is 5.32 Å². The first-order chi connectivity index (χ1) is 13.2. The Morgan fingerprint density at radius 2 is 1.79 bits per heavy atom. The maximum Gasteiger partial charge on any atom is 0.228 e. The van der Waals surface area contributed by atoms with Crippen LogP contribution in [0.15, 0.2) is 42.5 Å². The van der Waals surface area contributed by atoms with Gasteiger partial charge in [-0.3, -0.25) is 4.79 Å². The summed E-state index contributed by atoms with van der Waals surface area (Å²) in [5.74, 6) is -1.15. The van der Waals surface area contributed by atoms with Crippen LogP contribution >= 0.6 is 0 Å². The quantitative estimate of drug-likeness (QED) is 0.828. The van der Waals surface area contributed by atoms with E-state index >= 15 is 0 Å². The van der Waals surface area contributed by atoms with E-state index in [0.29, 0.717) is 24.9 Å². The summed E-state index contributed by atoms with van der Waals surface area (Å²) in [5.41, 5.74) is 3.38. The number of benzene rings is 2. The number of hydrogen-bond acceptors (Lipinski definition) is 3. The van der Waals surface area contributed by atoms with Crippen molar-refractivity contribution in [3.05, 3.63) is 65.0 Å². The highest BCUT2D eigenvalue weighted by molar-refractivity contribution is 7.88. The van der Waals surface area contributed by atoms with Crippen LogP contribution in [0.3, 0.4) is 0 Å². The van der Waals surface area contributed by atoms with E-state index in [9.17, 15) is 17.6 Å². The Morgan fingerprint density at radius 3 is 2.43 bits per heavy atom. The van der Waals surface area contributed by atoms with E-state index in [1.165, 1.54) is 28.6 Å². The van der Waals surface area contributed by atoms with E-state index in [4.69, 9.17) is 0 Å². The van der Waals surface area contributed by atoms with Gasteiger partial charge in [-0.25, -0.2) is 17.1 Å². The molecule has 1 heterocycles. The average Bonchev–Trinajstić information content (AvgIpc) is 2.63. The number of anilines is 1. The van der Waals surface area contributed by atoms with Gasteiger partial charge >= 0.3 is 0 Å². The molecule has 7 heteroatoms. The van der Waals surface area contributed by atoms with Crippen LogP contribution in [0.4, 0.5) is 10.1 Å². The molecular weight excluding hydrogens is 379 g/mol. The lowest BCUT2D eigenvalue weighted by atomic mass is 9.98. The fourth-order valence-corrected chi connectivity index (χ4v) is 5.19. The van der Waals surface area contributed by atoms with Crippen molar-refractivity contribution in [2.24, 2.45) is 5.92 Å². The Labute approximate surface area is 165 Å². The van der Waals surface area contributed by atoms with Gasteiger partial charge in [0.25, 0.3) is 0 Å². The second kappa shape index (κ2) is 8.41. The van der Waals surface area contributed by atoms with Gasteiger partial charge in [-0.15, -0.1) is 0 Å². The van der Waals surface area contributed by atoms with E-state index in [2.05, 4.69) is 5.32 Å². The van der Waals surface area contributed by atoms with E-state index in [0.717, 1.165) is 16.8 Å². The fraction of sp³-hybridized carbons (Fsp3) is 0.381. The predicted octanol–water partition coefficient (Wildman–Crippen LogP) is 3.62. The van der Waals surface area contributed by atoms with Gasteiger partial charge in [-0.05, 0) is 67.6 Å². The predicted molar refractivity (Wildman–Crippen MR) is 108 cm³/mol. The normalized spacial score (nSPS) is 18.0. The molecule has 0 radical (unpaired) electrons. The minimum atomic E-state index is -3.57. The van der Waals surface area contributed by atoms with Gasteiger partial charge in [0, 0.05) is 18.8 Å². The zero-order valence-electron chi connectivity index (χ0n) is 16.1. The van der Waals surface area contributed by atoms with Gasteiger partial charge in [0.05, 0.1) is 11.7 Å². The summed E-state index contributed by atoms with van der Waals surface area (Å²) in [6, 6.07) is 11.3. The zero-order chi connectivity index (χ0) is 20.3. The molecule has 3 rings (SSSR count). The van der Waals surface area contributed by atoms with Crippen LogP contribution in [0.25, 0.3) is 0 Å². The molecule has 0 aromatic heterocycles. The largest absolute Gasteiger partial charge is 0.326 e. The molecular formula is C21H25FN2O3S. The SMILES string of the molecule is Cc1cc(C)cc(NC(=O)[C@H]2CCCN(S(=O)(=O)Cc3ccc(F)cc3)C2)c1. The summed E-state index contributed by atoms with van der Waals surface area (Å²) in [4.78, 5) is 12.7. The maximum absolute atomic E-state index is 13.0. The van der Waals surface area contributed by atoms with Gasteiger partial charge in [0.15, 0.2) is 0 Å². The van der Waals surface area contributed by atoms with Gasteiger partial charge < -0.3 is 5.32 Å². The Morgan fingerprint density at radius 1 is 1.14 bits per heavy atom. The standard InChI is InChI=1S/C21H25FN2O3S/c1-15-10-16(2)12-20(11-15)23-21(25)18-4-3-9-24(13-18)28(26,27)14-17-5-7-19(22)8-6-17/h5-8,10-12,18H,3-4,9,13-14H2,1-2H3,(H,23,25)/t18-/m0/s1. The Balaban J connectivity index is 1.67. The van der Waals surface area contributed by atoms with Crippen LogP contribution in [0, 0.1) is 25.6 Å². The minimum absolute atomic E-state index is 0.160. The molecule has 1 amide bonds. The molecule has 1 aliphatic rings. The molecule has 0 spiro atoms. The highest BCUT2D eigenvalue weighted by atomic mass is 32.2. The molecule has 1 saturated heterocycles. The fourth-order valence-electron chi connectivity index (χ4n) is 3.58. The molecule has 150 valence electrons. The number of hydrogen-bond donors (Lipinski definition) is 1. The number of piperidine rings is 1. The molecule has 1 aliphatic heterocycles. The van der Waals surface area contributed by atoms with Crippen molar-refractivity contribution in [1.82, 2.24) is 4.31 Å². The maximum atomic E-state index is 13.0. The first kappa shape index (κ1) is 20.5. The van der Waals surface area contributed by atoms with E-state index in [-0.39, 0.29) is 18.2 Å². The zero-order valence-corrected chi connectivity index (χ0v) is 16.9. The van der Waals surface area contributed by atoms with Crippen LogP contribution in [0.5, 0.6) is 0 Å². The number of carbonyl (C=O) groups excluding carboxylic acids is 1. The molecule has 28 heavy (non-hydrogen) atoms. The molecule has 2 aromatic rings. The molecule has 2 aromatic carbocycles. The van der Waals surface area contributed by atoms with Gasteiger partial charge in [0.1, 0.15) is 5.82 Å². The van der Waals surface area contributed by atoms with Crippen molar-refractivity contribution in [2.75, 3.05) is 18.4 Å². The number of sulfonamides is 1. The summed E-state index contributed by atoms with van der Waals surface area (Å²) in [5, 5.41) is 2.92. The Bertz CT molecular complexity index is 938.